The zero-order valence-electron chi connectivity index (χ0n) is 17.8. The van der Waals surface area contributed by atoms with Gasteiger partial charge in [-0.05, 0) is 39.7 Å². The van der Waals surface area contributed by atoms with Gasteiger partial charge in [-0.15, -0.1) is 0 Å². The summed E-state index contributed by atoms with van der Waals surface area (Å²) < 4.78 is 66.7. The number of piperidine rings is 1. The molecule has 0 radical (unpaired) electrons. The Morgan fingerprint density at radius 2 is 1.97 bits per heavy atom. The summed E-state index contributed by atoms with van der Waals surface area (Å²) in [7, 11) is -3.51. The van der Waals surface area contributed by atoms with E-state index < -0.39 is 38.8 Å². The monoisotopic (exact) mass is 471 g/mol. The second kappa shape index (κ2) is 9.10. The van der Waals surface area contributed by atoms with Crippen LogP contribution in [0, 0.1) is 12.8 Å². The number of aromatic nitrogens is 3. The van der Waals surface area contributed by atoms with Crippen molar-refractivity contribution < 1.29 is 26.4 Å². The number of nitrogens with zero attached hydrogens (tertiary/aromatic N) is 4. The predicted molar refractivity (Wildman–Crippen MR) is 112 cm³/mol. The summed E-state index contributed by atoms with van der Waals surface area (Å²) in [4.78, 5) is 24.5. The smallest absolute Gasteiger partial charge is 0.310 e. The number of nitrogens with one attached hydrogen (secondary N) is 1. The third kappa shape index (κ3) is 5.23. The fourth-order valence-electron chi connectivity index (χ4n) is 3.47. The molecule has 174 valence electrons. The van der Waals surface area contributed by atoms with Crippen LogP contribution in [0.5, 0.6) is 0 Å². The van der Waals surface area contributed by atoms with Crippen LogP contribution in [0.3, 0.4) is 0 Å². The molecular weight excluding hydrogens is 447 g/mol. The molecule has 1 unspecified atom stereocenters. The zero-order chi connectivity index (χ0) is 23.7. The third-order valence-corrected chi connectivity index (χ3v) is 7.44. The van der Waals surface area contributed by atoms with Crippen LogP contribution >= 0.6 is 0 Å². The molecule has 0 spiro atoms. The van der Waals surface area contributed by atoms with E-state index in [-0.39, 0.29) is 23.6 Å². The molecule has 1 N–H and O–H groups in total. The lowest BCUT2D eigenvalue weighted by atomic mass is 9.98. The van der Waals surface area contributed by atoms with Crippen LogP contribution in [-0.4, -0.2) is 51.9 Å². The summed E-state index contributed by atoms with van der Waals surface area (Å²) in [6.07, 6.45) is -0.433. The Morgan fingerprint density at radius 1 is 1.25 bits per heavy atom. The highest BCUT2D eigenvalue weighted by Gasteiger charge is 2.36. The van der Waals surface area contributed by atoms with Crippen LogP contribution < -0.4 is 5.32 Å². The molecule has 0 saturated carbocycles. The number of anilines is 1. The number of carbonyl (C=O) groups excluding carboxylic acids is 1. The molecule has 1 amide bonds. The Bertz CT molecular complexity index is 1110. The van der Waals surface area contributed by atoms with E-state index in [9.17, 15) is 26.4 Å². The van der Waals surface area contributed by atoms with Gasteiger partial charge >= 0.3 is 6.18 Å². The van der Waals surface area contributed by atoms with Crippen LogP contribution in [-0.2, 0) is 21.0 Å². The Hall–Kier alpha value is -2.60. The van der Waals surface area contributed by atoms with Gasteiger partial charge in [0.05, 0.1) is 34.3 Å². The van der Waals surface area contributed by atoms with Crippen molar-refractivity contribution in [2.75, 3.05) is 18.4 Å². The lowest BCUT2D eigenvalue weighted by molar-refractivity contribution is -0.137. The number of halogens is 3. The van der Waals surface area contributed by atoms with Crippen molar-refractivity contribution in [1.82, 2.24) is 19.3 Å². The van der Waals surface area contributed by atoms with E-state index in [2.05, 4.69) is 20.3 Å². The van der Waals surface area contributed by atoms with Crippen molar-refractivity contribution in [1.29, 1.82) is 0 Å². The molecule has 3 rings (SSSR count). The second-order valence-corrected chi connectivity index (χ2v) is 10.4. The number of carbonyl (C=O) groups is 1. The van der Waals surface area contributed by atoms with Gasteiger partial charge < -0.3 is 5.32 Å². The van der Waals surface area contributed by atoms with Gasteiger partial charge in [-0.1, -0.05) is 0 Å². The van der Waals surface area contributed by atoms with Crippen LogP contribution in [0.1, 0.15) is 37.9 Å². The quantitative estimate of drug-likeness (QED) is 0.718. The van der Waals surface area contributed by atoms with E-state index in [4.69, 9.17) is 0 Å². The van der Waals surface area contributed by atoms with E-state index in [1.807, 2.05) is 0 Å². The average molecular weight is 472 g/mol. The van der Waals surface area contributed by atoms with Crippen molar-refractivity contribution in [3.63, 3.8) is 0 Å². The molecular formula is C20H24F3N5O3S. The number of hydrogen-bond acceptors (Lipinski definition) is 6. The third-order valence-electron chi connectivity index (χ3n) is 5.20. The number of rotatable bonds is 5. The summed E-state index contributed by atoms with van der Waals surface area (Å²) >= 11 is 0. The molecule has 8 nitrogen and oxygen atoms in total. The van der Waals surface area contributed by atoms with Gasteiger partial charge in [0.25, 0.3) is 0 Å². The molecule has 1 atom stereocenters. The molecule has 12 heteroatoms. The van der Waals surface area contributed by atoms with Crippen LogP contribution in [0.4, 0.5) is 19.0 Å². The lowest BCUT2D eigenvalue weighted by Crippen LogP contribution is -2.46. The summed E-state index contributed by atoms with van der Waals surface area (Å²) in [5.74, 6) is -1.21. The topological polar surface area (TPSA) is 105 Å². The number of alkyl halides is 3. The summed E-state index contributed by atoms with van der Waals surface area (Å²) in [6, 6.07) is 1.11. The van der Waals surface area contributed by atoms with E-state index in [0.29, 0.717) is 31.3 Å². The molecule has 2 aromatic heterocycles. The van der Waals surface area contributed by atoms with Crippen LogP contribution in [0.2, 0.25) is 0 Å². The maximum atomic E-state index is 13.5. The van der Waals surface area contributed by atoms with Gasteiger partial charge in [0.2, 0.25) is 15.9 Å². The molecule has 0 aliphatic carbocycles. The minimum Gasteiger partial charge on any atom is -0.310 e. The van der Waals surface area contributed by atoms with E-state index in [1.54, 1.807) is 20.8 Å². The molecule has 32 heavy (non-hydrogen) atoms. The predicted octanol–water partition coefficient (Wildman–Crippen LogP) is 3.25. The highest BCUT2D eigenvalue weighted by Crippen LogP contribution is 2.37. The lowest BCUT2D eigenvalue weighted by Gasteiger charge is -2.32. The highest BCUT2D eigenvalue weighted by atomic mass is 32.2. The molecule has 1 saturated heterocycles. The van der Waals surface area contributed by atoms with Crippen molar-refractivity contribution >= 4 is 21.7 Å². The molecule has 1 aliphatic heterocycles. The Kier molecular flexibility index (Phi) is 6.84. The van der Waals surface area contributed by atoms with E-state index in [1.165, 1.54) is 16.7 Å². The number of sulfonamides is 1. The number of aryl methyl sites for hydroxylation is 1. The highest BCUT2D eigenvalue weighted by molar-refractivity contribution is 7.89. The van der Waals surface area contributed by atoms with Crippen molar-refractivity contribution in [3.05, 3.63) is 35.9 Å². The van der Waals surface area contributed by atoms with Gasteiger partial charge in [0.15, 0.2) is 0 Å². The summed E-state index contributed by atoms with van der Waals surface area (Å²) in [5.41, 5.74) is -0.817. The minimum absolute atomic E-state index is 0.00194. The molecule has 2 aromatic rings. The van der Waals surface area contributed by atoms with Gasteiger partial charge in [-0.3, -0.25) is 9.78 Å². The van der Waals surface area contributed by atoms with Gasteiger partial charge in [-0.2, -0.15) is 13.2 Å². The molecule has 3 heterocycles. The maximum Gasteiger partial charge on any atom is 0.418 e. The average Bonchev–Trinajstić information content (AvgIpc) is 2.73. The summed E-state index contributed by atoms with van der Waals surface area (Å²) in [6.45, 7) is 5.09. The second-order valence-electron chi connectivity index (χ2n) is 7.94. The van der Waals surface area contributed by atoms with Crippen LogP contribution in [0.25, 0.3) is 11.3 Å². The standard InChI is InChI=1S/C20H24F3N5O3S/c1-12(2)32(30,31)28-6-4-5-14(11-28)19(29)27-18-7-15(16(9-25-18)20(21,22)23)17-10-24-8-13(3)26-17/h7-10,12,14H,4-6,11H2,1-3H3,(H,25,27,29). The van der Waals surface area contributed by atoms with Gasteiger partial charge in [0.1, 0.15) is 5.82 Å². The zero-order valence-corrected chi connectivity index (χ0v) is 18.7. The fraction of sp³-hybridized carbons (Fsp3) is 0.500. The Balaban J connectivity index is 1.86. The SMILES string of the molecule is Cc1cncc(-c2cc(NC(=O)C3CCCN(S(=O)(=O)C(C)C)C3)ncc2C(F)(F)F)n1. The number of pyridine rings is 1. The summed E-state index contributed by atoms with van der Waals surface area (Å²) in [5, 5.41) is 1.92. The largest absolute Gasteiger partial charge is 0.418 e. The Morgan fingerprint density at radius 3 is 2.59 bits per heavy atom. The van der Waals surface area contributed by atoms with E-state index in [0.717, 1.165) is 6.07 Å². The maximum absolute atomic E-state index is 13.5. The first-order valence-electron chi connectivity index (χ1n) is 10.1. The van der Waals surface area contributed by atoms with Gasteiger partial charge in [0, 0.05) is 31.0 Å². The first kappa shape index (κ1) is 24.1. The molecule has 1 aliphatic rings. The van der Waals surface area contributed by atoms with Crippen molar-refractivity contribution in [3.8, 4) is 11.3 Å². The van der Waals surface area contributed by atoms with Crippen LogP contribution in [0.15, 0.2) is 24.7 Å². The molecule has 0 aromatic carbocycles. The number of hydrogen-bond donors (Lipinski definition) is 1. The van der Waals surface area contributed by atoms with Gasteiger partial charge in [-0.25, -0.2) is 22.7 Å². The normalized spacial score (nSPS) is 18.0. The fourth-order valence-corrected chi connectivity index (χ4v) is 4.84. The Labute approximate surface area is 184 Å². The first-order chi connectivity index (χ1) is 14.9. The number of amides is 1. The molecule has 1 fully saturated rings. The minimum atomic E-state index is -4.68. The first-order valence-corrected chi connectivity index (χ1v) is 11.6. The van der Waals surface area contributed by atoms with Crippen molar-refractivity contribution in [2.24, 2.45) is 5.92 Å². The van der Waals surface area contributed by atoms with E-state index >= 15 is 0 Å². The van der Waals surface area contributed by atoms with Crippen molar-refractivity contribution in [2.45, 2.75) is 45.0 Å². The molecule has 0 bridgehead atoms.